The molecular formula is C29H30FN4O5P. The summed E-state index contributed by atoms with van der Waals surface area (Å²) in [5.41, 5.74) is 0.786. The highest BCUT2D eigenvalue weighted by atomic mass is 31.2. The summed E-state index contributed by atoms with van der Waals surface area (Å²) in [5, 5.41) is 15.7. The number of halogens is 1. The molecule has 0 aliphatic rings. The van der Waals surface area contributed by atoms with Gasteiger partial charge in [-0.3, -0.25) is 18.7 Å². The van der Waals surface area contributed by atoms with Crippen molar-refractivity contribution in [1.29, 1.82) is 0 Å². The van der Waals surface area contributed by atoms with E-state index in [9.17, 15) is 23.7 Å². The van der Waals surface area contributed by atoms with E-state index in [0.29, 0.717) is 16.9 Å². The minimum Gasteiger partial charge on any atom is -0.501 e. The number of carbonyl (C=O) groups is 1. The zero-order valence-corrected chi connectivity index (χ0v) is 23.4. The van der Waals surface area contributed by atoms with Gasteiger partial charge in [0.15, 0.2) is 5.69 Å². The van der Waals surface area contributed by atoms with E-state index in [1.54, 1.807) is 56.3 Å². The second kappa shape index (κ2) is 11.9. The number of benzene rings is 3. The third-order valence-electron chi connectivity index (χ3n) is 5.98. The first-order chi connectivity index (χ1) is 19.0. The summed E-state index contributed by atoms with van der Waals surface area (Å²) in [4.78, 5) is 29.9. The van der Waals surface area contributed by atoms with Gasteiger partial charge in [0.25, 0.3) is 11.5 Å². The lowest BCUT2D eigenvalue weighted by atomic mass is 10.1. The number of nitrogens with zero attached hydrogens (tertiary/aromatic N) is 2. The fraction of sp³-hybridized carbons (Fsp3) is 0.207. The van der Waals surface area contributed by atoms with Crippen molar-refractivity contribution in [2.75, 3.05) is 0 Å². The van der Waals surface area contributed by atoms with Gasteiger partial charge >= 0.3 is 7.52 Å². The van der Waals surface area contributed by atoms with Gasteiger partial charge in [-0.05, 0) is 50.6 Å². The molecule has 0 saturated carbocycles. The number of amides is 1. The number of rotatable bonds is 9. The largest absolute Gasteiger partial charge is 0.501 e. The maximum absolute atomic E-state index is 15.0. The lowest BCUT2D eigenvalue weighted by molar-refractivity contribution is 0.0942. The van der Waals surface area contributed by atoms with Crippen molar-refractivity contribution in [3.05, 3.63) is 106 Å². The molecule has 0 fully saturated rings. The number of nitrogens with one attached hydrogen (secondary N) is 2. The average Bonchev–Trinajstić information content (AvgIpc) is 2.92. The Labute approximate surface area is 231 Å². The van der Waals surface area contributed by atoms with E-state index < -0.39 is 36.2 Å². The summed E-state index contributed by atoms with van der Waals surface area (Å²) in [5.74, 6) is -1.84. The number of carbonyl (C=O) groups excluding carboxylic acids is 1. The molecular weight excluding hydrogens is 534 g/mol. The molecule has 40 heavy (non-hydrogen) atoms. The first-order valence-corrected chi connectivity index (χ1v) is 14.2. The first kappa shape index (κ1) is 28.7. The second-order valence-electron chi connectivity index (χ2n) is 9.57. The van der Waals surface area contributed by atoms with Crippen LogP contribution in [-0.2, 0) is 18.2 Å². The van der Waals surface area contributed by atoms with Crippen LogP contribution in [0, 0.1) is 12.7 Å². The zero-order chi connectivity index (χ0) is 29.0. The van der Waals surface area contributed by atoms with Crippen LogP contribution in [0.5, 0.6) is 11.5 Å². The Balaban J connectivity index is 1.62. The number of para-hydroxylation sites is 1. The third kappa shape index (κ3) is 6.30. The Morgan fingerprint density at radius 1 is 1.10 bits per heavy atom. The maximum Gasteiger partial charge on any atom is 0.350 e. The number of hydrogen-bond acceptors (Lipinski definition) is 6. The van der Waals surface area contributed by atoms with Crippen molar-refractivity contribution in [2.45, 2.75) is 33.4 Å². The van der Waals surface area contributed by atoms with Gasteiger partial charge in [0.2, 0.25) is 5.75 Å². The van der Waals surface area contributed by atoms with Crippen molar-refractivity contribution in [1.82, 2.24) is 20.0 Å². The quantitative estimate of drug-likeness (QED) is 0.257. The van der Waals surface area contributed by atoms with Crippen molar-refractivity contribution in [3.63, 3.8) is 0 Å². The minimum atomic E-state index is -3.92. The van der Waals surface area contributed by atoms with Gasteiger partial charge in [-0.25, -0.2) is 14.5 Å². The van der Waals surface area contributed by atoms with E-state index in [-0.39, 0.29) is 23.7 Å². The Hall–Kier alpha value is -4.27. The normalized spacial score (nSPS) is 12.7. The molecule has 1 atom stereocenters. The van der Waals surface area contributed by atoms with Crippen LogP contribution in [0.4, 0.5) is 4.39 Å². The molecule has 0 bridgehead atoms. The average molecular weight is 565 g/mol. The van der Waals surface area contributed by atoms with Gasteiger partial charge in [0, 0.05) is 25.2 Å². The van der Waals surface area contributed by atoms with Gasteiger partial charge in [0.05, 0.1) is 5.30 Å². The standard InChI is InChI=1S/C29H30FN4O5P/c1-18(2)33-40(38,39-22-8-6-5-7-9-22)24-16-20(12-15-23(24)30)17-31-28(36)25-26(35)29(37)34(4)27(32-25)21-13-10-19(3)11-14-21/h5-16,18,35H,17H2,1-4H3,(H,31,36)(H,33,38). The maximum atomic E-state index is 15.0. The molecule has 1 unspecified atom stereocenters. The van der Waals surface area contributed by atoms with Crippen molar-refractivity contribution in [2.24, 2.45) is 7.05 Å². The molecule has 208 valence electrons. The van der Waals surface area contributed by atoms with E-state index in [2.05, 4.69) is 15.4 Å². The summed E-state index contributed by atoms with van der Waals surface area (Å²) in [7, 11) is -2.47. The monoisotopic (exact) mass is 564 g/mol. The molecule has 0 saturated heterocycles. The number of aromatic hydroxyl groups is 1. The molecule has 11 heteroatoms. The second-order valence-corrected chi connectivity index (χ2v) is 11.6. The molecule has 4 aromatic rings. The zero-order valence-electron chi connectivity index (χ0n) is 22.5. The number of aryl methyl sites for hydroxylation is 1. The van der Waals surface area contributed by atoms with Crippen molar-refractivity contribution >= 4 is 18.7 Å². The lowest BCUT2D eigenvalue weighted by Crippen LogP contribution is -2.31. The van der Waals surface area contributed by atoms with Crippen LogP contribution >= 0.6 is 7.52 Å². The topological polar surface area (TPSA) is 123 Å². The van der Waals surface area contributed by atoms with Crippen LogP contribution in [0.15, 0.2) is 77.6 Å². The molecule has 3 aromatic carbocycles. The van der Waals surface area contributed by atoms with Gasteiger partial charge in [-0.2, -0.15) is 0 Å². The summed E-state index contributed by atoms with van der Waals surface area (Å²) < 4.78 is 35.8. The molecule has 1 amide bonds. The molecule has 0 spiro atoms. The molecule has 4 rings (SSSR count). The van der Waals surface area contributed by atoms with Crippen molar-refractivity contribution in [3.8, 4) is 22.9 Å². The first-order valence-electron chi connectivity index (χ1n) is 12.5. The van der Waals surface area contributed by atoms with E-state index in [4.69, 9.17) is 4.52 Å². The highest BCUT2D eigenvalue weighted by molar-refractivity contribution is 7.65. The SMILES string of the molecule is Cc1ccc(-c2nc(C(=O)NCc3ccc(F)c(P(=O)(NC(C)C)Oc4ccccc4)c3)c(O)c(=O)n2C)cc1. The van der Waals surface area contributed by atoms with Crippen LogP contribution in [0.2, 0.25) is 0 Å². The molecule has 3 N–H and O–H groups in total. The fourth-order valence-electron chi connectivity index (χ4n) is 3.98. The lowest BCUT2D eigenvalue weighted by Gasteiger charge is -2.23. The highest BCUT2D eigenvalue weighted by Crippen LogP contribution is 2.43. The number of aromatic nitrogens is 2. The number of hydrogen-bond donors (Lipinski definition) is 3. The van der Waals surface area contributed by atoms with E-state index in [1.165, 1.54) is 19.2 Å². The molecule has 1 heterocycles. The van der Waals surface area contributed by atoms with Crippen LogP contribution in [0.25, 0.3) is 11.4 Å². The van der Waals surface area contributed by atoms with Crippen LogP contribution < -0.4 is 25.8 Å². The molecule has 9 nitrogen and oxygen atoms in total. The highest BCUT2D eigenvalue weighted by Gasteiger charge is 2.32. The van der Waals surface area contributed by atoms with Crippen LogP contribution in [0.1, 0.15) is 35.5 Å². The van der Waals surface area contributed by atoms with Gasteiger partial charge in [0.1, 0.15) is 17.4 Å². The molecule has 0 aliphatic carbocycles. The van der Waals surface area contributed by atoms with E-state index in [0.717, 1.165) is 16.2 Å². The van der Waals surface area contributed by atoms with Gasteiger partial charge in [-0.1, -0.05) is 54.1 Å². The molecule has 0 radical (unpaired) electrons. The van der Waals surface area contributed by atoms with Gasteiger partial charge in [-0.15, -0.1) is 0 Å². The predicted molar refractivity (Wildman–Crippen MR) is 151 cm³/mol. The van der Waals surface area contributed by atoms with E-state index >= 15 is 0 Å². The summed E-state index contributed by atoms with van der Waals surface area (Å²) >= 11 is 0. The summed E-state index contributed by atoms with van der Waals surface area (Å²) in [6.45, 7) is 5.31. The van der Waals surface area contributed by atoms with Crippen LogP contribution in [-0.4, -0.2) is 26.6 Å². The van der Waals surface area contributed by atoms with Crippen LogP contribution in [0.3, 0.4) is 0 Å². The van der Waals surface area contributed by atoms with Gasteiger partial charge < -0.3 is 14.9 Å². The van der Waals surface area contributed by atoms with E-state index in [1.807, 2.05) is 19.1 Å². The minimum absolute atomic E-state index is 0.130. The summed E-state index contributed by atoms with van der Waals surface area (Å²) in [6, 6.07) is 19.3. The summed E-state index contributed by atoms with van der Waals surface area (Å²) in [6.07, 6.45) is 0. The molecule has 1 aromatic heterocycles. The Morgan fingerprint density at radius 2 is 1.77 bits per heavy atom. The van der Waals surface area contributed by atoms with Crippen molar-refractivity contribution < 1.29 is 23.4 Å². The Bertz CT molecular complexity index is 1640. The Kier molecular flexibility index (Phi) is 8.52. The predicted octanol–water partition coefficient (Wildman–Crippen LogP) is 4.43. The Morgan fingerprint density at radius 3 is 2.42 bits per heavy atom. The fourth-order valence-corrected chi connectivity index (χ4v) is 6.06. The third-order valence-corrected chi connectivity index (χ3v) is 8.28. The smallest absolute Gasteiger partial charge is 0.350 e. The molecule has 0 aliphatic heterocycles.